The molecule has 0 amide bonds. The first-order chi connectivity index (χ1) is 11.0. The molecule has 2 N–H and O–H groups in total. The molecule has 0 saturated carbocycles. The first-order valence-corrected chi connectivity index (χ1v) is 7.43. The summed E-state index contributed by atoms with van der Waals surface area (Å²) in [5.41, 5.74) is 1.99. The van der Waals surface area contributed by atoms with E-state index in [0.717, 1.165) is 24.0 Å². The van der Waals surface area contributed by atoms with Crippen LogP contribution in [0.4, 0.5) is 0 Å². The number of ether oxygens (including phenoxy) is 1. The molecule has 2 aromatic carbocycles. The summed E-state index contributed by atoms with van der Waals surface area (Å²) in [6.45, 7) is 2.04. The summed E-state index contributed by atoms with van der Waals surface area (Å²) in [5, 5.41) is 18.4. The quantitative estimate of drug-likeness (QED) is 0.887. The highest BCUT2D eigenvalue weighted by molar-refractivity contribution is 5.89. The molecule has 2 aromatic rings. The van der Waals surface area contributed by atoms with Crippen molar-refractivity contribution in [1.82, 2.24) is 0 Å². The fourth-order valence-corrected chi connectivity index (χ4v) is 2.98. The Morgan fingerprint density at radius 1 is 0.957 bits per heavy atom. The number of carbonyl (C=O) groups is 2. The molecule has 118 valence electrons. The maximum Gasteiger partial charge on any atom is 0.335 e. The summed E-state index contributed by atoms with van der Waals surface area (Å²) in [6.07, 6.45) is 1.67. The van der Waals surface area contributed by atoms with E-state index in [1.54, 1.807) is 24.3 Å². The zero-order valence-corrected chi connectivity index (χ0v) is 12.6. The molecule has 0 radical (unpaired) electrons. The van der Waals surface area contributed by atoms with Crippen LogP contribution in [-0.4, -0.2) is 22.2 Å². The third-order valence-corrected chi connectivity index (χ3v) is 4.06. The Labute approximate surface area is 133 Å². The molecule has 0 atom stereocenters. The third-order valence-electron chi connectivity index (χ3n) is 4.06. The first kappa shape index (κ1) is 15.1. The van der Waals surface area contributed by atoms with Crippen molar-refractivity contribution in [3.8, 4) is 11.5 Å². The van der Waals surface area contributed by atoms with Crippen LogP contribution in [0.15, 0.2) is 36.4 Å². The summed E-state index contributed by atoms with van der Waals surface area (Å²) >= 11 is 0. The second-order valence-corrected chi connectivity index (χ2v) is 5.56. The van der Waals surface area contributed by atoms with Gasteiger partial charge in [0.15, 0.2) is 0 Å². The monoisotopic (exact) mass is 312 g/mol. The molecule has 5 heteroatoms. The average molecular weight is 312 g/mol. The van der Waals surface area contributed by atoms with Gasteiger partial charge in [0, 0.05) is 17.0 Å². The number of carboxylic acid groups (broad SMARTS) is 2. The van der Waals surface area contributed by atoms with Crippen LogP contribution in [0.2, 0.25) is 0 Å². The molecule has 0 bridgehead atoms. The molecule has 3 rings (SSSR count). The second kappa shape index (κ2) is 5.76. The molecule has 5 nitrogen and oxygen atoms in total. The van der Waals surface area contributed by atoms with Crippen molar-refractivity contribution < 1.29 is 24.5 Å². The minimum atomic E-state index is -0.992. The summed E-state index contributed by atoms with van der Waals surface area (Å²) < 4.78 is 5.84. The minimum absolute atomic E-state index is 0.0719. The Kier molecular flexibility index (Phi) is 3.78. The highest BCUT2D eigenvalue weighted by atomic mass is 16.5. The smallest absolute Gasteiger partial charge is 0.335 e. The number of aromatic carboxylic acids is 2. The largest absolute Gasteiger partial charge is 0.478 e. The van der Waals surface area contributed by atoms with E-state index in [1.165, 1.54) is 12.1 Å². The lowest BCUT2D eigenvalue weighted by Crippen LogP contribution is -2.13. The molecule has 0 aromatic heterocycles. The van der Waals surface area contributed by atoms with Crippen molar-refractivity contribution >= 4 is 11.9 Å². The third kappa shape index (κ3) is 2.65. The topological polar surface area (TPSA) is 83.8 Å². The number of fused-ring (bicyclic) bond motifs is 2. The van der Waals surface area contributed by atoms with Gasteiger partial charge in [0.1, 0.15) is 11.5 Å². The van der Waals surface area contributed by atoms with Gasteiger partial charge >= 0.3 is 11.9 Å². The molecular formula is C18H16O5. The highest BCUT2D eigenvalue weighted by Gasteiger charge is 2.28. The Morgan fingerprint density at radius 2 is 1.43 bits per heavy atom. The summed E-state index contributed by atoms with van der Waals surface area (Å²) in [6, 6.07) is 9.59. The van der Waals surface area contributed by atoms with Crippen LogP contribution in [0.1, 0.15) is 57.5 Å². The lowest BCUT2D eigenvalue weighted by Gasteiger charge is -2.28. The van der Waals surface area contributed by atoms with Gasteiger partial charge in [-0.05, 0) is 42.8 Å². The van der Waals surface area contributed by atoms with E-state index in [9.17, 15) is 19.8 Å². The Balaban J connectivity index is 2.15. The predicted molar refractivity (Wildman–Crippen MR) is 83.6 cm³/mol. The summed E-state index contributed by atoms with van der Waals surface area (Å²) in [7, 11) is 0. The number of benzene rings is 2. The zero-order chi connectivity index (χ0) is 16.6. The molecule has 0 fully saturated rings. The van der Waals surface area contributed by atoms with Crippen molar-refractivity contribution in [2.75, 3.05) is 0 Å². The molecule has 0 spiro atoms. The fourth-order valence-electron chi connectivity index (χ4n) is 2.98. The van der Waals surface area contributed by atoms with Gasteiger partial charge in [-0.2, -0.15) is 0 Å². The number of hydrogen-bond donors (Lipinski definition) is 2. The normalized spacial score (nSPS) is 12.9. The Bertz CT molecular complexity index is 730. The van der Waals surface area contributed by atoms with Gasteiger partial charge in [-0.25, -0.2) is 9.59 Å². The van der Waals surface area contributed by atoms with Gasteiger partial charge in [0.25, 0.3) is 0 Å². The molecular weight excluding hydrogens is 296 g/mol. The summed E-state index contributed by atoms with van der Waals surface area (Å²) in [4.78, 5) is 22.4. The van der Waals surface area contributed by atoms with Crippen LogP contribution < -0.4 is 4.74 Å². The van der Waals surface area contributed by atoms with Crippen LogP contribution in [-0.2, 0) is 0 Å². The van der Waals surface area contributed by atoms with E-state index < -0.39 is 11.9 Å². The maximum absolute atomic E-state index is 11.2. The second-order valence-electron chi connectivity index (χ2n) is 5.56. The van der Waals surface area contributed by atoms with Crippen LogP contribution in [0.3, 0.4) is 0 Å². The molecule has 0 unspecified atom stereocenters. The molecule has 1 aliphatic rings. The standard InChI is InChI=1S/C18H16O5/c1-2-3-12-13-8-10(17(19)20)4-6-15(13)23-16-7-5-11(18(21)22)9-14(12)16/h4-9,12H,2-3H2,1H3,(H,19,20)(H,21,22). The van der Waals surface area contributed by atoms with Gasteiger partial charge in [-0.1, -0.05) is 13.3 Å². The SMILES string of the molecule is CCCC1c2cc(C(=O)O)ccc2Oc2ccc(C(=O)O)cc21. The number of hydrogen-bond acceptors (Lipinski definition) is 3. The van der Waals surface area contributed by atoms with Crippen molar-refractivity contribution in [2.45, 2.75) is 25.7 Å². The molecule has 0 aliphatic carbocycles. The van der Waals surface area contributed by atoms with Crippen LogP contribution in [0.5, 0.6) is 11.5 Å². The Morgan fingerprint density at radius 3 is 1.83 bits per heavy atom. The lowest BCUT2D eigenvalue weighted by atomic mass is 9.83. The van der Waals surface area contributed by atoms with E-state index >= 15 is 0 Å². The van der Waals surface area contributed by atoms with E-state index in [-0.39, 0.29) is 17.0 Å². The van der Waals surface area contributed by atoms with Crippen molar-refractivity contribution in [3.05, 3.63) is 58.7 Å². The number of carboxylic acids is 2. The first-order valence-electron chi connectivity index (χ1n) is 7.43. The molecule has 1 heterocycles. The van der Waals surface area contributed by atoms with Crippen LogP contribution >= 0.6 is 0 Å². The Hall–Kier alpha value is -2.82. The van der Waals surface area contributed by atoms with Gasteiger partial charge in [-0.15, -0.1) is 0 Å². The molecule has 23 heavy (non-hydrogen) atoms. The van der Waals surface area contributed by atoms with E-state index in [2.05, 4.69) is 0 Å². The molecule has 1 aliphatic heterocycles. The van der Waals surface area contributed by atoms with Crippen molar-refractivity contribution in [1.29, 1.82) is 0 Å². The van der Waals surface area contributed by atoms with Gasteiger partial charge in [-0.3, -0.25) is 0 Å². The van der Waals surface area contributed by atoms with Crippen molar-refractivity contribution in [2.24, 2.45) is 0 Å². The van der Waals surface area contributed by atoms with Gasteiger partial charge in [0.05, 0.1) is 11.1 Å². The minimum Gasteiger partial charge on any atom is -0.478 e. The molecule has 0 saturated heterocycles. The van der Waals surface area contributed by atoms with E-state index in [4.69, 9.17) is 4.74 Å². The zero-order valence-electron chi connectivity index (χ0n) is 12.6. The van der Waals surface area contributed by atoms with Crippen LogP contribution in [0, 0.1) is 0 Å². The van der Waals surface area contributed by atoms with Gasteiger partial charge in [0.2, 0.25) is 0 Å². The fraction of sp³-hybridized carbons (Fsp3) is 0.222. The number of rotatable bonds is 4. The van der Waals surface area contributed by atoms with E-state index in [1.807, 2.05) is 6.92 Å². The van der Waals surface area contributed by atoms with Crippen molar-refractivity contribution in [3.63, 3.8) is 0 Å². The lowest BCUT2D eigenvalue weighted by molar-refractivity contribution is 0.0686. The summed E-state index contributed by atoms with van der Waals surface area (Å²) in [5.74, 6) is -0.799. The van der Waals surface area contributed by atoms with Crippen LogP contribution in [0.25, 0.3) is 0 Å². The highest BCUT2D eigenvalue weighted by Crippen LogP contribution is 2.46. The van der Waals surface area contributed by atoms with Gasteiger partial charge < -0.3 is 14.9 Å². The van der Waals surface area contributed by atoms with E-state index in [0.29, 0.717) is 11.5 Å². The average Bonchev–Trinajstić information content (AvgIpc) is 2.53. The maximum atomic E-state index is 11.2. The predicted octanol–water partition coefficient (Wildman–Crippen LogP) is 4.12.